The van der Waals surface area contributed by atoms with Gasteiger partial charge < -0.3 is 0 Å². The predicted octanol–water partition coefficient (Wildman–Crippen LogP) is 8.03. The van der Waals surface area contributed by atoms with Gasteiger partial charge in [0.1, 0.15) is 0 Å². The Balaban J connectivity index is 1.89. The molecule has 9 heteroatoms. The summed E-state index contributed by atoms with van der Waals surface area (Å²) >= 11 is 4.90. The van der Waals surface area contributed by atoms with Crippen molar-refractivity contribution in [3.8, 4) is 0 Å². The molecule has 6 unspecified atom stereocenters. The molecule has 0 N–H and O–H groups in total. The molecule has 2 nitrogen and oxygen atoms in total. The second-order valence-corrected chi connectivity index (χ2v) is 41.3. The molecule has 34 heavy (non-hydrogen) atoms. The molecule has 2 aliphatic carbocycles. The van der Waals surface area contributed by atoms with Crippen LogP contribution in [0.3, 0.4) is 0 Å². The molecule has 2 saturated carbocycles. The van der Waals surface area contributed by atoms with E-state index in [4.69, 9.17) is 16.9 Å². The van der Waals surface area contributed by atoms with Crippen LogP contribution in [0.4, 0.5) is 0 Å². The van der Waals surface area contributed by atoms with E-state index in [9.17, 15) is 0 Å². The van der Waals surface area contributed by atoms with E-state index in [-0.39, 0.29) is 0 Å². The molecule has 0 aromatic heterocycles. The SMILES string of the molecule is [B][C@H]1CC(C)[C@@H](COP(=C)(C)C[P](C)(=[W])C[P](C)(=[V])CP(=C)(C)OC[C@H]2C[C@@H](C)[C@@H](C)C2C)C1. The van der Waals surface area contributed by atoms with Crippen LogP contribution in [0.5, 0.6) is 0 Å². The van der Waals surface area contributed by atoms with Crippen molar-refractivity contribution in [3.63, 3.8) is 0 Å². The van der Waals surface area contributed by atoms with E-state index in [1.54, 1.807) is 18.8 Å². The molecule has 11 atom stereocenters. The molecule has 0 spiro atoms. The Morgan fingerprint density at radius 1 is 0.794 bits per heavy atom. The van der Waals surface area contributed by atoms with Crippen molar-refractivity contribution in [1.29, 1.82) is 0 Å². The molecule has 0 bridgehead atoms. The minimum absolute atomic E-state index is 0.362. The Morgan fingerprint density at radius 2 is 1.32 bits per heavy atom. The Kier molecular flexibility index (Phi) is 12.5. The van der Waals surface area contributed by atoms with Crippen molar-refractivity contribution >= 4 is 44.9 Å². The van der Waals surface area contributed by atoms with Gasteiger partial charge in [-0.1, -0.05) is 0 Å². The summed E-state index contributed by atoms with van der Waals surface area (Å²) in [5.74, 6) is 8.56. The maximum absolute atomic E-state index is 6.64. The zero-order valence-electron chi connectivity index (χ0n) is 23.2. The van der Waals surface area contributed by atoms with Crippen LogP contribution in [0.15, 0.2) is 0 Å². The van der Waals surface area contributed by atoms with Gasteiger partial charge in [0, 0.05) is 0 Å². The standard InChI is InChI=1S/C25H51BO2P4.V.W/c1-19-11-24(22(4)21(19)3)15-28-32(9,10)18-30(6)16-29(5)17-31(7,8)27-14-23-13-25(26)12-20(23)2;;/h19-25H,7,9,11-18H2,1-6,8,10H3;;/t19-,20?,21-,22?,23-,24-,25+,29?,30?,31?,32?;;/m1../s1. The van der Waals surface area contributed by atoms with Gasteiger partial charge in [-0.15, -0.1) is 0 Å². The first kappa shape index (κ1) is 32.9. The molecule has 2 aliphatic rings. The average Bonchev–Trinajstić information content (AvgIpc) is 3.07. The van der Waals surface area contributed by atoms with E-state index in [2.05, 4.69) is 83.4 Å². The molecule has 0 saturated heterocycles. The van der Waals surface area contributed by atoms with Gasteiger partial charge in [-0.2, -0.15) is 0 Å². The molecule has 0 aliphatic heterocycles. The van der Waals surface area contributed by atoms with Crippen LogP contribution in [0.25, 0.3) is 0 Å². The van der Waals surface area contributed by atoms with Crippen LogP contribution >= 0.6 is 24.4 Å². The van der Waals surface area contributed by atoms with Gasteiger partial charge in [-0.3, -0.25) is 0 Å². The maximum atomic E-state index is 6.64. The van der Waals surface area contributed by atoms with Gasteiger partial charge in [-0.05, 0) is 0 Å². The normalized spacial score (nSPS) is 39.1. The van der Waals surface area contributed by atoms with Gasteiger partial charge >= 0.3 is 235 Å². The zero-order valence-corrected chi connectivity index (χ0v) is 31.1. The van der Waals surface area contributed by atoms with E-state index in [1.165, 1.54) is 24.1 Å². The van der Waals surface area contributed by atoms with Crippen LogP contribution in [0.2, 0.25) is 5.82 Å². The number of hydrogen-bond acceptors (Lipinski definition) is 2. The molecule has 2 fully saturated rings. The van der Waals surface area contributed by atoms with Crippen molar-refractivity contribution in [1.82, 2.24) is 0 Å². The molecule has 2 rings (SSSR count). The van der Waals surface area contributed by atoms with E-state index in [0.29, 0.717) is 23.6 Å². The third-order valence-electron chi connectivity index (χ3n) is 8.24. The van der Waals surface area contributed by atoms with Crippen molar-refractivity contribution in [2.45, 2.75) is 52.8 Å². The molecule has 0 aromatic rings. The Bertz CT molecular complexity index is 896. The Morgan fingerprint density at radius 3 is 1.79 bits per heavy atom. The zero-order chi connectivity index (χ0) is 26.1. The van der Waals surface area contributed by atoms with Crippen LogP contribution in [0.1, 0.15) is 47.0 Å². The van der Waals surface area contributed by atoms with E-state index >= 15 is 0 Å². The second kappa shape index (κ2) is 12.9. The Labute approximate surface area is 233 Å². The van der Waals surface area contributed by atoms with E-state index in [1.807, 2.05) is 0 Å². The van der Waals surface area contributed by atoms with E-state index < -0.39 is 24.4 Å². The summed E-state index contributed by atoms with van der Waals surface area (Å²) in [4.78, 5) is -1.04. The van der Waals surface area contributed by atoms with Gasteiger partial charge in [0.2, 0.25) is 0 Å². The second-order valence-electron chi connectivity index (χ2n) is 12.9. The van der Waals surface area contributed by atoms with Crippen LogP contribution in [-0.4, -0.2) is 78.0 Å². The topological polar surface area (TPSA) is 18.5 Å². The molecule has 197 valence electrons. The number of hydrogen-bond donors (Lipinski definition) is 0. The molecular formula is C25H51BO2P4VW. The van der Waals surface area contributed by atoms with Gasteiger partial charge in [0.05, 0.1) is 0 Å². The molecule has 0 amide bonds. The first-order chi connectivity index (χ1) is 15.3. The van der Waals surface area contributed by atoms with Crippen molar-refractivity contribution < 1.29 is 44.3 Å². The monoisotopic (exact) mass is 753 g/mol. The molecular weight excluding hydrogens is 702 g/mol. The minimum atomic E-state index is -1.60. The summed E-state index contributed by atoms with van der Waals surface area (Å²) in [5.41, 5.74) is 0. The summed E-state index contributed by atoms with van der Waals surface area (Å²) in [6.07, 6.45) is 12.9. The van der Waals surface area contributed by atoms with Crippen molar-refractivity contribution in [2.75, 3.05) is 57.6 Å². The van der Waals surface area contributed by atoms with Gasteiger partial charge in [0.25, 0.3) is 0 Å². The molecule has 0 aromatic carbocycles. The van der Waals surface area contributed by atoms with Crippen LogP contribution in [0, 0.1) is 35.5 Å². The van der Waals surface area contributed by atoms with Gasteiger partial charge in [-0.25, -0.2) is 0 Å². The van der Waals surface area contributed by atoms with Gasteiger partial charge in [0.15, 0.2) is 0 Å². The first-order valence-electron chi connectivity index (χ1n) is 12.9. The quantitative estimate of drug-likeness (QED) is 0.149. The summed E-state index contributed by atoms with van der Waals surface area (Å²) in [7, 11) is 3.00. The van der Waals surface area contributed by atoms with Crippen molar-refractivity contribution in [3.05, 3.63) is 0 Å². The summed E-state index contributed by atoms with van der Waals surface area (Å²) in [6, 6.07) is 0. The van der Waals surface area contributed by atoms with E-state index in [0.717, 1.165) is 43.8 Å². The number of rotatable bonds is 12. The third-order valence-corrected chi connectivity index (χ3v) is 35.3. The van der Waals surface area contributed by atoms with Crippen LogP contribution in [-0.2, 0) is 44.3 Å². The van der Waals surface area contributed by atoms with Crippen molar-refractivity contribution in [2.24, 2.45) is 35.5 Å². The third kappa shape index (κ3) is 10.7. The molecule has 0 heterocycles. The summed E-state index contributed by atoms with van der Waals surface area (Å²) in [5, 5.41) is -1.14. The summed E-state index contributed by atoms with van der Waals surface area (Å²) in [6.45, 7) is 21.1. The fourth-order valence-electron chi connectivity index (χ4n) is 6.34. The fourth-order valence-corrected chi connectivity index (χ4v) is 54.5. The Hall–Kier alpha value is 2.72. The van der Waals surface area contributed by atoms with Crippen LogP contribution < -0.4 is 0 Å². The molecule has 2 radical (unpaired) electrons. The summed E-state index contributed by atoms with van der Waals surface area (Å²) < 4.78 is 13.2. The fraction of sp³-hybridized carbons (Fsp3) is 0.920. The predicted molar refractivity (Wildman–Crippen MR) is 159 cm³/mol. The first-order valence-corrected chi connectivity index (χ1v) is 28.8. The average molecular weight is 753 g/mol.